The van der Waals surface area contributed by atoms with Crippen molar-refractivity contribution in [3.63, 3.8) is 0 Å². The minimum absolute atomic E-state index is 0.527. The van der Waals surface area contributed by atoms with Gasteiger partial charge in [-0.05, 0) is 44.5 Å². The number of benzene rings is 1. The Morgan fingerprint density at radius 3 is 2.53 bits per heavy atom. The molecule has 3 nitrogen and oxygen atoms in total. The molecule has 0 saturated carbocycles. The molecule has 84 valence electrons. The highest BCUT2D eigenvalue weighted by Crippen LogP contribution is 2.21. The van der Waals surface area contributed by atoms with Gasteiger partial charge in [0.2, 0.25) is 0 Å². The molecule has 0 atom stereocenters. The van der Waals surface area contributed by atoms with Crippen molar-refractivity contribution >= 4 is 5.69 Å². The van der Waals surface area contributed by atoms with E-state index < -0.39 is 5.60 Å². The number of rotatable bonds is 4. The molecule has 0 heterocycles. The Morgan fingerprint density at radius 1 is 1.40 bits per heavy atom. The Labute approximate surface area is 91.1 Å². The monoisotopic (exact) mass is 209 g/mol. The van der Waals surface area contributed by atoms with E-state index in [4.69, 9.17) is 4.74 Å². The lowest BCUT2D eigenvalue weighted by Crippen LogP contribution is -2.29. The second kappa shape index (κ2) is 4.53. The van der Waals surface area contributed by atoms with Gasteiger partial charge in [-0.1, -0.05) is 0 Å². The Balaban J connectivity index is 2.68. The topological polar surface area (TPSA) is 41.5 Å². The summed E-state index contributed by atoms with van der Waals surface area (Å²) in [6, 6.07) is 5.87. The van der Waals surface area contributed by atoms with Crippen LogP contribution in [0.3, 0.4) is 0 Å². The van der Waals surface area contributed by atoms with E-state index in [1.165, 1.54) is 0 Å². The van der Waals surface area contributed by atoms with E-state index in [1.54, 1.807) is 21.0 Å². The molecule has 0 aromatic heterocycles. The van der Waals surface area contributed by atoms with Crippen molar-refractivity contribution in [2.45, 2.75) is 26.4 Å². The van der Waals surface area contributed by atoms with Gasteiger partial charge in [-0.25, -0.2) is 0 Å². The van der Waals surface area contributed by atoms with Crippen molar-refractivity contribution in [2.24, 2.45) is 0 Å². The SMILES string of the molecule is COc1ccc(NCC(C)(C)O)cc1C. The van der Waals surface area contributed by atoms with Gasteiger partial charge in [0, 0.05) is 12.2 Å². The predicted molar refractivity (Wildman–Crippen MR) is 62.5 cm³/mol. The molecule has 0 aliphatic carbocycles. The highest BCUT2D eigenvalue weighted by molar-refractivity contribution is 5.50. The Hall–Kier alpha value is -1.22. The van der Waals surface area contributed by atoms with Gasteiger partial charge in [-0.2, -0.15) is 0 Å². The lowest BCUT2D eigenvalue weighted by Gasteiger charge is -2.19. The predicted octanol–water partition coefficient (Wildman–Crippen LogP) is 2.19. The molecule has 0 fully saturated rings. The lowest BCUT2D eigenvalue weighted by atomic mass is 10.1. The number of methoxy groups -OCH3 is 1. The maximum absolute atomic E-state index is 9.56. The number of nitrogens with one attached hydrogen (secondary N) is 1. The molecule has 0 unspecified atom stereocenters. The van der Waals surface area contributed by atoms with Gasteiger partial charge in [-0.3, -0.25) is 0 Å². The van der Waals surface area contributed by atoms with Crippen molar-refractivity contribution in [2.75, 3.05) is 19.0 Å². The van der Waals surface area contributed by atoms with Gasteiger partial charge < -0.3 is 15.2 Å². The molecular weight excluding hydrogens is 190 g/mol. The first-order valence-electron chi connectivity index (χ1n) is 5.03. The zero-order chi connectivity index (χ0) is 11.5. The number of hydrogen-bond donors (Lipinski definition) is 2. The molecule has 0 bridgehead atoms. The molecule has 3 heteroatoms. The van der Waals surface area contributed by atoms with Crippen molar-refractivity contribution in [1.29, 1.82) is 0 Å². The molecule has 0 amide bonds. The van der Waals surface area contributed by atoms with E-state index >= 15 is 0 Å². The van der Waals surface area contributed by atoms with Gasteiger partial charge in [-0.15, -0.1) is 0 Å². The number of aryl methyl sites for hydroxylation is 1. The fourth-order valence-corrected chi connectivity index (χ4v) is 1.31. The zero-order valence-electron chi connectivity index (χ0n) is 9.79. The van der Waals surface area contributed by atoms with Crippen molar-refractivity contribution in [3.05, 3.63) is 23.8 Å². The van der Waals surface area contributed by atoms with Gasteiger partial charge in [0.25, 0.3) is 0 Å². The average molecular weight is 209 g/mol. The summed E-state index contributed by atoms with van der Waals surface area (Å²) >= 11 is 0. The summed E-state index contributed by atoms with van der Waals surface area (Å²) in [6.07, 6.45) is 0. The molecule has 0 aliphatic heterocycles. The molecule has 1 rings (SSSR count). The summed E-state index contributed by atoms with van der Waals surface area (Å²) in [5.74, 6) is 0.879. The highest BCUT2D eigenvalue weighted by Gasteiger charge is 2.11. The Morgan fingerprint density at radius 2 is 2.07 bits per heavy atom. The normalized spacial score (nSPS) is 11.3. The third-order valence-corrected chi connectivity index (χ3v) is 2.12. The minimum Gasteiger partial charge on any atom is -0.496 e. The van der Waals surface area contributed by atoms with Crippen LogP contribution in [-0.2, 0) is 0 Å². The van der Waals surface area contributed by atoms with E-state index in [0.29, 0.717) is 6.54 Å². The first-order valence-corrected chi connectivity index (χ1v) is 5.03. The largest absolute Gasteiger partial charge is 0.496 e. The summed E-state index contributed by atoms with van der Waals surface area (Å²) in [5.41, 5.74) is 1.38. The summed E-state index contributed by atoms with van der Waals surface area (Å²) in [7, 11) is 1.66. The number of aliphatic hydroxyl groups is 1. The third-order valence-electron chi connectivity index (χ3n) is 2.12. The van der Waals surface area contributed by atoms with Crippen LogP contribution in [0.15, 0.2) is 18.2 Å². The Bertz CT molecular complexity index is 329. The molecule has 15 heavy (non-hydrogen) atoms. The minimum atomic E-state index is -0.701. The summed E-state index contributed by atoms with van der Waals surface area (Å²) in [6.45, 7) is 6.07. The second-order valence-electron chi connectivity index (χ2n) is 4.35. The molecule has 2 N–H and O–H groups in total. The average Bonchev–Trinajstić information content (AvgIpc) is 2.14. The van der Waals surface area contributed by atoms with E-state index in [9.17, 15) is 5.11 Å². The van der Waals surface area contributed by atoms with Crippen LogP contribution >= 0.6 is 0 Å². The molecule has 0 saturated heterocycles. The molecule has 1 aromatic rings. The summed E-state index contributed by atoms with van der Waals surface area (Å²) in [5, 5.41) is 12.7. The summed E-state index contributed by atoms with van der Waals surface area (Å²) < 4.78 is 5.17. The van der Waals surface area contributed by atoms with Crippen LogP contribution in [0.5, 0.6) is 5.75 Å². The lowest BCUT2D eigenvalue weighted by molar-refractivity contribution is 0.0945. The van der Waals surface area contributed by atoms with E-state index in [0.717, 1.165) is 17.0 Å². The van der Waals surface area contributed by atoms with Crippen LogP contribution < -0.4 is 10.1 Å². The van der Waals surface area contributed by atoms with Gasteiger partial charge >= 0.3 is 0 Å². The molecular formula is C12H19NO2. The van der Waals surface area contributed by atoms with Crippen LogP contribution in [0.2, 0.25) is 0 Å². The van der Waals surface area contributed by atoms with Crippen LogP contribution in [0.1, 0.15) is 19.4 Å². The highest BCUT2D eigenvalue weighted by atomic mass is 16.5. The summed E-state index contributed by atoms with van der Waals surface area (Å²) in [4.78, 5) is 0. The molecule has 0 radical (unpaired) electrons. The fraction of sp³-hybridized carbons (Fsp3) is 0.500. The van der Waals surface area contributed by atoms with Crippen molar-refractivity contribution < 1.29 is 9.84 Å². The first-order chi connectivity index (χ1) is 6.92. The molecule has 0 spiro atoms. The first kappa shape index (κ1) is 11.9. The Kier molecular flexibility index (Phi) is 3.58. The van der Waals surface area contributed by atoms with Crippen molar-refractivity contribution in [3.8, 4) is 5.75 Å². The molecule has 0 aliphatic rings. The molecule has 1 aromatic carbocycles. The maximum atomic E-state index is 9.56. The number of ether oxygens (including phenoxy) is 1. The van der Waals surface area contributed by atoms with E-state index in [1.807, 2.05) is 25.1 Å². The van der Waals surface area contributed by atoms with Crippen LogP contribution in [0, 0.1) is 6.92 Å². The second-order valence-corrected chi connectivity index (χ2v) is 4.35. The van der Waals surface area contributed by atoms with Crippen LogP contribution in [-0.4, -0.2) is 24.4 Å². The van der Waals surface area contributed by atoms with Gasteiger partial charge in [0.05, 0.1) is 12.7 Å². The van der Waals surface area contributed by atoms with E-state index in [2.05, 4.69) is 5.32 Å². The third kappa shape index (κ3) is 3.80. The van der Waals surface area contributed by atoms with Crippen LogP contribution in [0.25, 0.3) is 0 Å². The van der Waals surface area contributed by atoms with E-state index in [-0.39, 0.29) is 0 Å². The van der Waals surface area contributed by atoms with Gasteiger partial charge in [0.15, 0.2) is 0 Å². The van der Waals surface area contributed by atoms with Gasteiger partial charge in [0.1, 0.15) is 5.75 Å². The quantitative estimate of drug-likeness (QED) is 0.798. The number of hydrogen-bond acceptors (Lipinski definition) is 3. The fourth-order valence-electron chi connectivity index (χ4n) is 1.31. The zero-order valence-corrected chi connectivity index (χ0v) is 9.79. The van der Waals surface area contributed by atoms with Crippen LogP contribution in [0.4, 0.5) is 5.69 Å². The van der Waals surface area contributed by atoms with Crippen molar-refractivity contribution in [1.82, 2.24) is 0 Å². The smallest absolute Gasteiger partial charge is 0.121 e. The standard InChI is InChI=1S/C12H19NO2/c1-9-7-10(5-6-11(9)15-4)13-8-12(2,3)14/h5-7,13-14H,8H2,1-4H3. The number of anilines is 1. The maximum Gasteiger partial charge on any atom is 0.121 e.